The molecule has 1 amide bonds. The van der Waals surface area contributed by atoms with E-state index in [9.17, 15) is 4.79 Å². The summed E-state index contributed by atoms with van der Waals surface area (Å²) in [6.45, 7) is 10.2. The zero-order chi connectivity index (χ0) is 12.2. The Labute approximate surface area is 98.2 Å². The van der Waals surface area contributed by atoms with Gasteiger partial charge in [0.25, 0.3) is 0 Å². The van der Waals surface area contributed by atoms with Gasteiger partial charge in [0, 0.05) is 12.5 Å². The maximum absolute atomic E-state index is 12.1. The van der Waals surface area contributed by atoms with Crippen LogP contribution in [-0.4, -0.2) is 19.0 Å². The van der Waals surface area contributed by atoms with Gasteiger partial charge in [0.1, 0.15) is 0 Å². The topological polar surface area (TPSA) is 55.1 Å². The normalized spacial score (nSPS) is 28.6. The van der Waals surface area contributed by atoms with Crippen LogP contribution >= 0.6 is 0 Å². The van der Waals surface area contributed by atoms with E-state index in [4.69, 9.17) is 5.73 Å². The zero-order valence-corrected chi connectivity index (χ0v) is 10.9. The molecular weight excluding hydrogens is 200 g/mol. The summed E-state index contributed by atoms with van der Waals surface area (Å²) >= 11 is 0. The van der Waals surface area contributed by atoms with Crippen LogP contribution in [0.4, 0.5) is 0 Å². The van der Waals surface area contributed by atoms with E-state index in [1.54, 1.807) is 0 Å². The molecule has 16 heavy (non-hydrogen) atoms. The molecule has 0 unspecified atom stereocenters. The number of carbonyl (C=O) groups excluding carboxylic acids is 1. The Bertz CT molecular complexity index is 302. The van der Waals surface area contributed by atoms with Gasteiger partial charge in [0.2, 0.25) is 5.91 Å². The monoisotopic (exact) mass is 224 g/mol. The molecule has 0 heterocycles. The first kappa shape index (κ1) is 11.9. The van der Waals surface area contributed by atoms with Gasteiger partial charge in [-0.05, 0) is 35.6 Å². The van der Waals surface area contributed by atoms with Crippen molar-refractivity contribution in [3.63, 3.8) is 0 Å². The summed E-state index contributed by atoms with van der Waals surface area (Å²) in [6, 6.07) is 0. The summed E-state index contributed by atoms with van der Waals surface area (Å²) in [5, 5.41) is 3.09. The third-order valence-corrected chi connectivity index (χ3v) is 5.31. The minimum Gasteiger partial charge on any atom is -0.355 e. The van der Waals surface area contributed by atoms with Crippen LogP contribution in [-0.2, 0) is 4.79 Å². The summed E-state index contributed by atoms with van der Waals surface area (Å²) in [6.07, 6.45) is 2.34. The largest absolute Gasteiger partial charge is 0.355 e. The number of nitrogens with one attached hydrogen (secondary N) is 1. The Hall–Kier alpha value is -0.570. The lowest BCUT2D eigenvalue weighted by Crippen LogP contribution is -2.35. The van der Waals surface area contributed by atoms with Crippen molar-refractivity contribution in [3.8, 4) is 0 Å². The molecule has 2 saturated carbocycles. The van der Waals surface area contributed by atoms with Crippen LogP contribution in [0, 0.1) is 22.2 Å². The van der Waals surface area contributed by atoms with Crippen molar-refractivity contribution in [2.45, 2.75) is 40.5 Å². The lowest BCUT2D eigenvalue weighted by molar-refractivity contribution is -0.123. The maximum Gasteiger partial charge on any atom is 0.224 e. The smallest absolute Gasteiger partial charge is 0.224 e. The van der Waals surface area contributed by atoms with Gasteiger partial charge in [0.15, 0.2) is 0 Å². The average Bonchev–Trinajstić information content (AvgIpc) is 3.02. The van der Waals surface area contributed by atoms with Gasteiger partial charge in [-0.2, -0.15) is 0 Å². The molecule has 0 aliphatic heterocycles. The molecule has 0 bridgehead atoms. The fraction of sp³-hybridized carbons (Fsp3) is 0.923. The second-order valence-corrected chi connectivity index (χ2v) is 6.80. The quantitative estimate of drug-likeness (QED) is 0.761. The molecule has 3 nitrogen and oxygen atoms in total. The van der Waals surface area contributed by atoms with Crippen molar-refractivity contribution in [1.82, 2.24) is 5.32 Å². The molecule has 0 radical (unpaired) electrons. The van der Waals surface area contributed by atoms with E-state index < -0.39 is 0 Å². The minimum absolute atomic E-state index is 0.135. The van der Waals surface area contributed by atoms with Crippen LogP contribution in [0.2, 0.25) is 0 Å². The molecule has 0 saturated heterocycles. The molecule has 3 heteroatoms. The minimum atomic E-state index is 0.135. The van der Waals surface area contributed by atoms with E-state index in [0.717, 1.165) is 6.54 Å². The fourth-order valence-corrected chi connectivity index (χ4v) is 2.86. The predicted molar refractivity (Wildman–Crippen MR) is 64.8 cm³/mol. The molecule has 0 aromatic rings. The van der Waals surface area contributed by atoms with Crippen LogP contribution in [0.15, 0.2) is 0 Å². The van der Waals surface area contributed by atoms with Crippen molar-refractivity contribution in [2.75, 3.05) is 13.1 Å². The number of nitrogens with two attached hydrogens (primary N) is 1. The zero-order valence-electron chi connectivity index (χ0n) is 10.9. The summed E-state index contributed by atoms with van der Waals surface area (Å²) < 4.78 is 0. The maximum atomic E-state index is 12.1. The van der Waals surface area contributed by atoms with Crippen LogP contribution in [0.25, 0.3) is 0 Å². The summed E-state index contributed by atoms with van der Waals surface area (Å²) in [7, 11) is 0. The van der Waals surface area contributed by atoms with Gasteiger partial charge in [-0.3, -0.25) is 4.79 Å². The Morgan fingerprint density at radius 3 is 2.06 bits per heavy atom. The molecule has 0 aromatic carbocycles. The van der Waals surface area contributed by atoms with E-state index in [2.05, 4.69) is 33.0 Å². The van der Waals surface area contributed by atoms with Gasteiger partial charge < -0.3 is 11.1 Å². The second kappa shape index (κ2) is 3.22. The van der Waals surface area contributed by atoms with Gasteiger partial charge in [-0.25, -0.2) is 0 Å². The Morgan fingerprint density at radius 2 is 1.75 bits per heavy atom. The predicted octanol–water partition coefficient (Wildman–Crippen LogP) is 1.52. The molecule has 2 fully saturated rings. The van der Waals surface area contributed by atoms with Gasteiger partial charge in [-0.1, -0.05) is 27.7 Å². The first-order valence-corrected chi connectivity index (χ1v) is 6.25. The van der Waals surface area contributed by atoms with Gasteiger partial charge in [0.05, 0.1) is 0 Å². The molecule has 0 spiro atoms. The first-order valence-electron chi connectivity index (χ1n) is 6.25. The molecule has 92 valence electrons. The van der Waals surface area contributed by atoms with Crippen molar-refractivity contribution >= 4 is 5.91 Å². The molecule has 0 atom stereocenters. The standard InChI is InChI=1S/C13H24N2O/c1-11(2)9(12(11,3)4)10(16)15-8-13(7-14)5-6-13/h9H,5-8,14H2,1-4H3,(H,15,16). The Kier molecular flexibility index (Phi) is 2.40. The molecular formula is C13H24N2O. The van der Waals surface area contributed by atoms with E-state index in [1.807, 2.05) is 0 Å². The van der Waals surface area contributed by atoms with E-state index >= 15 is 0 Å². The molecule has 0 aromatic heterocycles. The van der Waals surface area contributed by atoms with E-state index in [0.29, 0.717) is 6.54 Å². The van der Waals surface area contributed by atoms with Crippen molar-refractivity contribution < 1.29 is 4.79 Å². The van der Waals surface area contributed by atoms with Crippen LogP contribution in [0.1, 0.15) is 40.5 Å². The number of amides is 1. The van der Waals surface area contributed by atoms with Gasteiger partial charge >= 0.3 is 0 Å². The van der Waals surface area contributed by atoms with Crippen molar-refractivity contribution in [2.24, 2.45) is 27.9 Å². The van der Waals surface area contributed by atoms with E-state index in [1.165, 1.54) is 12.8 Å². The number of hydrogen-bond acceptors (Lipinski definition) is 2. The van der Waals surface area contributed by atoms with Crippen molar-refractivity contribution in [1.29, 1.82) is 0 Å². The first-order chi connectivity index (χ1) is 7.27. The number of hydrogen-bond donors (Lipinski definition) is 2. The Morgan fingerprint density at radius 1 is 1.25 bits per heavy atom. The average molecular weight is 224 g/mol. The number of rotatable bonds is 4. The second-order valence-electron chi connectivity index (χ2n) is 6.80. The molecule has 2 aliphatic rings. The highest BCUT2D eigenvalue weighted by atomic mass is 16.2. The van der Waals surface area contributed by atoms with Crippen LogP contribution in [0.5, 0.6) is 0 Å². The lowest BCUT2D eigenvalue weighted by atomic mass is 10.0. The Balaban J connectivity index is 1.87. The van der Waals surface area contributed by atoms with Crippen molar-refractivity contribution in [3.05, 3.63) is 0 Å². The lowest BCUT2D eigenvalue weighted by Gasteiger charge is -2.13. The van der Waals surface area contributed by atoms with Gasteiger partial charge in [-0.15, -0.1) is 0 Å². The van der Waals surface area contributed by atoms with Crippen LogP contribution in [0.3, 0.4) is 0 Å². The van der Waals surface area contributed by atoms with E-state index in [-0.39, 0.29) is 28.1 Å². The molecule has 2 aliphatic carbocycles. The summed E-state index contributed by atoms with van der Waals surface area (Å²) in [4.78, 5) is 12.1. The van der Waals surface area contributed by atoms with Crippen LogP contribution < -0.4 is 11.1 Å². The molecule has 2 rings (SSSR count). The number of carbonyl (C=O) groups is 1. The molecule has 3 N–H and O–H groups in total. The summed E-state index contributed by atoms with van der Waals surface area (Å²) in [5.74, 6) is 0.378. The highest BCUT2D eigenvalue weighted by Gasteiger charge is 2.68. The highest BCUT2D eigenvalue weighted by Crippen LogP contribution is 2.68. The highest BCUT2D eigenvalue weighted by molar-refractivity contribution is 5.84. The SMILES string of the molecule is CC1(C)C(C(=O)NCC2(CN)CC2)C1(C)C. The summed E-state index contributed by atoms with van der Waals surface area (Å²) in [5.41, 5.74) is 6.21. The third kappa shape index (κ3) is 1.56. The fourth-order valence-electron chi connectivity index (χ4n) is 2.86. The third-order valence-electron chi connectivity index (χ3n) is 5.31.